The number of ether oxygens (including phenoxy) is 1. The van der Waals surface area contributed by atoms with Gasteiger partial charge in [0.2, 0.25) is 0 Å². The Bertz CT molecular complexity index is 189. The first-order valence-electron chi connectivity index (χ1n) is 5.05. The largest absolute Gasteiger partial charge is 0.462 e. The van der Waals surface area contributed by atoms with Gasteiger partial charge < -0.3 is 15.0 Å². The van der Waals surface area contributed by atoms with Crippen LogP contribution < -0.4 is 5.32 Å². The summed E-state index contributed by atoms with van der Waals surface area (Å²) in [5.41, 5.74) is 0. The van der Waals surface area contributed by atoms with Crippen LogP contribution in [-0.2, 0) is 9.53 Å². The average molecular weight is 198 g/mol. The fourth-order valence-electron chi connectivity index (χ4n) is 1.45. The Kier molecular flexibility index (Phi) is 5.25. The van der Waals surface area contributed by atoms with Crippen LogP contribution in [0.3, 0.4) is 0 Å². The van der Waals surface area contributed by atoms with E-state index in [0.29, 0.717) is 6.61 Å². The van der Waals surface area contributed by atoms with Gasteiger partial charge in [-0.2, -0.15) is 0 Å². The van der Waals surface area contributed by atoms with Gasteiger partial charge in [-0.3, -0.25) is 0 Å². The zero-order valence-electron chi connectivity index (χ0n) is 8.50. The first kappa shape index (κ1) is 11.2. The van der Waals surface area contributed by atoms with Crippen molar-refractivity contribution in [2.24, 2.45) is 0 Å². The molecule has 1 aliphatic heterocycles. The molecule has 0 spiro atoms. The Morgan fingerprint density at radius 2 is 2.21 bits per heavy atom. The van der Waals surface area contributed by atoms with Crippen molar-refractivity contribution >= 4 is 5.97 Å². The lowest BCUT2D eigenvalue weighted by Gasteiger charge is -2.26. The van der Waals surface area contributed by atoms with E-state index in [1.807, 2.05) is 0 Å². The number of esters is 1. The quantitative estimate of drug-likeness (QED) is 0.384. The van der Waals surface area contributed by atoms with Crippen LogP contribution in [0.4, 0.5) is 0 Å². The molecule has 14 heavy (non-hydrogen) atoms. The fourth-order valence-corrected chi connectivity index (χ4v) is 1.45. The molecule has 0 unspecified atom stereocenters. The van der Waals surface area contributed by atoms with Gasteiger partial charge in [0.1, 0.15) is 0 Å². The summed E-state index contributed by atoms with van der Waals surface area (Å²) in [5, 5.41) is 3.29. The van der Waals surface area contributed by atoms with E-state index in [9.17, 15) is 4.79 Å². The molecule has 0 aliphatic carbocycles. The van der Waals surface area contributed by atoms with Crippen molar-refractivity contribution in [3.05, 3.63) is 12.7 Å². The van der Waals surface area contributed by atoms with Gasteiger partial charge in [-0.1, -0.05) is 6.58 Å². The van der Waals surface area contributed by atoms with Gasteiger partial charge in [-0.15, -0.1) is 0 Å². The van der Waals surface area contributed by atoms with E-state index < -0.39 is 0 Å². The van der Waals surface area contributed by atoms with E-state index in [-0.39, 0.29) is 5.97 Å². The third kappa shape index (κ3) is 4.39. The molecule has 0 aromatic heterocycles. The highest BCUT2D eigenvalue weighted by Gasteiger charge is 2.08. The molecule has 0 aromatic carbocycles. The third-order valence-electron chi connectivity index (χ3n) is 2.24. The number of carbonyl (C=O) groups excluding carboxylic acids is 1. The van der Waals surface area contributed by atoms with Crippen LogP contribution >= 0.6 is 0 Å². The summed E-state index contributed by atoms with van der Waals surface area (Å²) < 4.78 is 4.88. The summed E-state index contributed by atoms with van der Waals surface area (Å²) in [6, 6.07) is 0. The minimum Gasteiger partial charge on any atom is -0.462 e. The number of piperazine rings is 1. The maximum atomic E-state index is 10.7. The zero-order chi connectivity index (χ0) is 10.2. The number of rotatable bonds is 5. The highest BCUT2D eigenvalue weighted by atomic mass is 16.5. The van der Waals surface area contributed by atoms with Crippen LogP contribution in [0.5, 0.6) is 0 Å². The molecule has 0 atom stereocenters. The van der Waals surface area contributed by atoms with Gasteiger partial charge in [0.05, 0.1) is 6.61 Å². The normalized spacial score (nSPS) is 17.7. The number of hydrogen-bond donors (Lipinski definition) is 1. The zero-order valence-corrected chi connectivity index (χ0v) is 8.50. The number of nitrogens with zero attached hydrogens (tertiary/aromatic N) is 1. The Labute approximate surface area is 84.9 Å². The molecule has 4 heteroatoms. The van der Waals surface area contributed by atoms with E-state index >= 15 is 0 Å². The number of nitrogens with one attached hydrogen (secondary N) is 1. The second-order valence-corrected chi connectivity index (χ2v) is 3.32. The van der Waals surface area contributed by atoms with E-state index in [1.54, 1.807) is 0 Å². The lowest BCUT2D eigenvalue weighted by molar-refractivity contribution is -0.137. The average Bonchev–Trinajstić information content (AvgIpc) is 2.25. The van der Waals surface area contributed by atoms with Crippen molar-refractivity contribution in [3.63, 3.8) is 0 Å². The summed E-state index contributed by atoms with van der Waals surface area (Å²) >= 11 is 0. The second-order valence-electron chi connectivity index (χ2n) is 3.32. The molecule has 0 aromatic rings. The predicted octanol–water partition coefficient (Wildman–Crippen LogP) is 0.0109. The minimum absolute atomic E-state index is 0.328. The van der Waals surface area contributed by atoms with Crippen molar-refractivity contribution in [2.75, 3.05) is 39.3 Å². The van der Waals surface area contributed by atoms with Crippen LogP contribution in [0.2, 0.25) is 0 Å². The smallest absolute Gasteiger partial charge is 0.330 e. The molecule has 0 saturated carbocycles. The number of hydrogen-bond acceptors (Lipinski definition) is 4. The van der Waals surface area contributed by atoms with Crippen LogP contribution in [0.1, 0.15) is 6.42 Å². The highest BCUT2D eigenvalue weighted by molar-refractivity contribution is 5.81. The summed E-state index contributed by atoms with van der Waals surface area (Å²) in [5.74, 6) is -0.328. The minimum atomic E-state index is -0.328. The van der Waals surface area contributed by atoms with E-state index in [0.717, 1.165) is 39.1 Å². The van der Waals surface area contributed by atoms with Crippen LogP contribution in [-0.4, -0.2) is 50.2 Å². The summed E-state index contributed by atoms with van der Waals surface area (Å²) in [6.07, 6.45) is 2.10. The van der Waals surface area contributed by atoms with Crippen LogP contribution in [0.15, 0.2) is 12.7 Å². The molecule has 1 aliphatic rings. The Hall–Kier alpha value is -0.870. The Morgan fingerprint density at radius 1 is 1.50 bits per heavy atom. The molecule has 0 bridgehead atoms. The SMILES string of the molecule is C=CC(=O)OCCCN1CCNCC1. The molecule has 1 fully saturated rings. The monoisotopic (exact) mass is 198 g/mol. The van der Waals surface area contributed by atoms with E-state index in [4.69, 9.17) is 4.74 Å². The lowest BCUT2D eigenvalue weighted by atomic mass is 10.3. The van der Waals surface area contributed by atoms with Gasteiger partial charge in [0, 0.05) is 38.8 Å². The molecule has 0 radical (unpaired) electrons. The van der Waals surface area contributed by atoms with Crippen LogP contribution in [0, 0.1) is 0 Å². The summed E-state index contributed by atoms with van der Waals surface area (Å²) in [4.78, 5) is 13.1. The van der Waals surface area contributed by atoms with E-state index in [1.165, 1.54) is 6.08 Å². The molecule has 1 saturated heterocycles. The molecule has 1 heterocycles. The van der Waals surface area contributed by atoms with Crippen molar-refractivity contribution in [3.8, 4) is 0 Å². The van der Waals surface area contributed by atoms with Gasteiger partial charge in [-0.25, -0.2) is 4.79 Å². The second kappa shape index (κ2) is 6.56. The number of carbonyl (C=O) groups is 1. The molecule has 1 rings (SSSR count). The van der Waals surface area contributed by atoms with E-state index in [2.05, 4.69) is 16.8 Å². The molecular weight excluding hydrogens is 180 g/mol. The first-order chi connectivity index (χ1) is 6.83. The van der Waals surface area contributed by atoms with Gasteiger partial charge in [0.15, 0.2) is 0 Å². The van der Waals surface area contributed by atoms with Crippen molar-refractivity contribution in [1.29, 1.82) is 0 Å². The summed E-state index contributed by atoms with van der Waals surface area (Å²) in [7, 11) is 0. The summed E-state index contributed by atoms with van der Waals surface area (Å²) in [6.45, 7) is 9.15. The van der Waals surface area contributed by atoms with Crippen LogP contribution in [0.25, 0.3) is 0 Å². The standard InChI is InChI=1S/C10H18N2O2/c1-2-10(13)14-9-3-6-12-7-4-11-5-8-12/h2,11H,1,3-9H2. The molecule has 0 amide bonds. The molecule has 1 N–H and O–H groups in total. The first-order valence-corrected chi connectivity index (χ1v) is 5.05. The highest BCUT2D eigenvalue weighted by Crippen LogP contribution is 1.95. The molecule has 4 nitrogen and oxygen atoms in total. The van der Waals surface area contributed by atoms with Gasteiger partial charge in [-0.05, 0) is 6.42 Å². The third-order valence-corrected chi connectivity index (χ3v) is 2.24. The van der Waals surface area contributed by atoms with Crippen molar-refractivity contribution in [2.45, 2.75) is 6.42 Å². The lowest BCUT2D eigenvalue weighted by Crippen LogP contribution is -2.43. The molecular formula is C10H18N2O2. The van der Waals surface area contributed by atoms with Gasteiger partial charge in [0.25, 0.3) is 0 Å². The fraction of sp³-hybridized carbons (Fsp3) is 0.700. The predicted molar refractivity (Wildman–Crippen MR) is 55.1 cm³/mol. The van der Waals surface area contributed by atoms with Gasteiger partial charge >= 0.3 is 5.97 Å². The molecule has 80 valence electrons. The Balaban J connectivity index is 1.97. The maximum Gasteiger partial charge on any atom is 0.330 e. The Morgan fingerprint density at radius 3 is 2.86 bits per heavy atom. The maximum absolute atomic E-state index is 10.7. The topological polar surface area (TPSA) is 41.6 Å². The van der Waals surface area contributed by atoms with Crippen molar-refractivity contribution < 1.29 is 9.53 Å². The van der Waals surface area contributed by atoms with Crippen molar-refractivity contribution in [1.82, 2.24) is 10.2 Å².